The quantitative estimate of drug-likeness (QED) is 0.807. The van der Waals surface area contributed by atoms with Crippen molar-refractivity contribution in [1.82, 2.24) is 10.2 Å². The zero-order chi connectivity index (χ0) is 18.5. The molecule has 0 spiro atoms. The van der Waals surface area contributed by atoms with Crippen LogP contribution in [0.3, 0.4) is 0 Å². The molecule has 0 unspecified atom stereocenters. The summed E-state index contributed by atoms with van der Waals surface area (Å²) in [5, 5.41) is 2.74. The monoisotopic (exact) mass is 360 g/mol. The molecule has 1 heterocycles. The van der Waals surface area contributed by atoms with Crippen molar-refractivity contribution < 1.29 is 23.9 Å². The maximum absolute atomic E-state index is 12.9. The Labute approximate surface area is 152 Å². The van der Waals surface area contributed by atoms with E-state index in [0.717, 1.165) is 12.8 Å². The lowest BCUT2D eigenvalue weighted by Gasteiger charge is -2.25. The molecule has 0 atom stereocenters. The molecule has 2 fully saturated rings. The first kappa shape index (κ1) is 18.2. The smallest absolute Gasteiger partial charge is 0.338 e. The van der Waals surface area contributed by atoms with Gasteiger partial charge in [0.1, 0.15) is 5.75 Å². The molecule has 2 aliphatic rings. The maximum Gasteiger partial charge on any atom is 0.338 e. The predicted octanol–water partition coefficient (Wildman–Crippen LogP) is 1.61. The van der Waals surface area contributed by atoms with E-state index in [1.807, 2.05) is 0 Å². The first-order chi connectivity index (χ1) is 12.6. The van der Waals surface area contributed by atoms with Crippen molar-refractivity contribution in [2.24, 2.45) is 5.92 Å². The summed E-state index contributed by atoms with van der Waals surface area (Å²) in [6.45, 7) is 1.80. The molecule has 0 bridgehead atoms. The molecule has 7 nitrogen and oxygen atoms in total. The summed E-state index contributed by atoms with van der Waals surface area (Å²) in [6, 6.07) is 4.78. The SMILES string of the molecule is COC(=O)c1cc(OCC2CCC2)cc(C(=O)N2CCNC(=O)CC2)c1. The third-order valence-corrected chi connectivity index (χ3v) is 4.88. The van der Waals surface area contributed by atoms with Gasteiger partial charge in [-0.25, -0.2) is 4.79 Å². The highest BCUT2D eigenvalue weighted by atomic mass is 16.5. The van der Waals surface area contributed by atoms with Crippen LogP contribution in [0.4, 0.5) is 0 Å². The van der Waals surface area contributed by atoms with Crippen molar-refractivity contribution in [3.05, 3.63) is 29.3 Å². The molecule has 1 saturated carbocycles. The molecule has 1 aliphatic heterocycles. The summed E-state index contributed by atoms with van der Waals surface area (Å²) < 4.78 is 10.6. The number of nitrogens with zero attached hydrogens (tertiary/aromatic N) is 1. The Morgan fingerprint density at radius 1 is 1.19 bits per heavy atom. The standard InChI is InChI=1S/C19H24N2O5/c1-25-19(24)15-9-14(10-16(11-15)26-12-13-3-2-4-13)18(23)21-7-5-17(22)20-6-8-21/h9-11,13H,2-8,12H2,1H3,(H,20,22). The Balaban J connectivity index is 1.79. The van der Waals surface area contributed by atoms with Crippen LogP contribution >= 0.6 is 0 Å². The summed E-state index contributed by atoms with van der Waals surface area (Å²) in [7, 11) is 1.30. The molecule has 26 heavy (non-hydrogen) atoms. The minimum atomic E-state index is -0.513. The van der Waals surface area contributed by atoms with Gasteiger partial charge in [-0.05, 0) is 37.0 Å². The Kier molecular flexibility index (Phi) is 5.75. The summed E-state index contributed by atoms with van der Waals surface area (Å²) in [6.07, 6.45) is 3.80. The van der Waals surface area contributed by atoms with Gasteiger partial charge in [-0.1, -0.05) is 6.42 Å². The summed E-state index contributed by atoms with van der Waals surface area (Å²) in [5.74, 6) is 0.237. The van der Waals surface area contributed by atoms with Gasteiger partial charge in [0.2, 0.25) is 5.91 Å². The van der Waals surface area contributed by atoms with E-state index in [9.17, 15) is 14.4 Å². The molecule has 7 heteroatoms. The van der Waals surface area contributed by atoms with Crippen LogP contribution in [-0.2, 0) is 9.53 Å². The lowest BCUT2D eigenvalue weighted by atomic mass is 9.86. The van der Waals surface area contributed by atoms with Gasteiger partial charge in [0.05, 0.1) is 19.3 Å². The van der Waals surface area contributed by atoms with E-state index in [2.05, 4.69) is 5.32 Å². The van der Waals surface area contributed by atoms with Crippen molar-refractivity contribution in [3.8, 4) is 5.75 Å². The van der Waals surface area contributed by atoms with Crippen LogP contribution < -0.4 is 10.1 Å². The second-order valence-corrected chi connectivity index (χ2v) is 6.74. The molecule has 1 N–H and O–H groups in total. The van der Waals surface area contributed by atoms with E-state index in [4.69, 9.17) is 9.47 Å². The summed E-state index contributed by atoms with van der Waals surface area (Å²) in [4.78, 5) is 37.9. The van der Waals surface area contributed by atoms with Gasteiger partial charge in [-0.2, -0.15) is 0 Å². The molecule has 0 radical (unpaired) electrons. The van der Waals surface area contributed by atoms with Crippen molar-refractivity contribution in [3.63, 3.8) is 0 Å². The van der Waals surface area contributed by atoms with Crippen LogP contribution in [0, 0.1) is 5.92 Å². The van der Waals surface area contributed by atoms with Gasteiger partial charge >= 0.3 is 5.97 Å². The number of esters is 1. The first-order valence-electron chi connectivity index (χ1n) is 8.99. The Hall–Kier alpha value is -2.57. The molecule has 0 aromatic heterocycles. The van der Waals surface area contributed by atoms with Gasteiger partial charge in [0.25, 0.3) is 5.91 Å². The van der Waals surface area contributed by atoms with Crippen molar-refractivity contribution in [1.29, 1.82) is 0 Å². The molecule has 3 rings (SSSR count). The van der Waals surface area contributed by atoms with Gasteiger partial charge in [-0.15, -0.1) is 0 Å². The predicted molar refractivity (Wildman–Crippen MR) is 94.1 cm³/mol. The highest BCUT2D eigenvalue weighted by Gasteiger charge is 2.23. The summed E-state index contributed by atoms with van der Waals surface area (Å²) >= 11 is 0. The van der Waals surface area contributed by atoms with E-state index in [-0.39, 0.29) is 23.8 Å². The topological polar surface area (TPSA) is 84.9 Å². The summed E-state index contributed by atoms with van der Waals surface area (Å²) in [5.41, 5.74) is 0.650. The van der Waals surface area contributed by atoms with E-state index >= 15 is 0 Å². The van der Waals surface area contributed by atoms with Gasteiger partial charge in [0.15, 0.2) is 0 Å². The number of hydrogen-bond donors (Lipinski definition) is 1. The fourth-order valence-corrected chi connectivity index (χ4v) is 3.07. The molecule has 140 valence electrons. The zero-order valence-corrected chi connectivity index (χ0v) is 15.0. The molecular weight excluding hydrogens is 336 g/mol. The molecule has 1 aliphatic carbocycles. The number of methoxy groups -OCH3 is 1. The molecule has 1 saturated heterocycles. The number of benzene rings is 1. The number of hydrogen-bond acceptors (Lipinski definition) is 5. The average molecular weight is 360 g/mol. The van der Waals surface area contributed by atoms with Crippen LogP contribution in [0.2, 0.25) is 0 Å². The lowest BCUT2D eigenvalue weighted by Crippen LogP contribution is -2.34. The van der Waals surface area contributed by atoms with Gasteiger partial charge in [0, 0.05) is 31.6 Å². The largest absolute Gasteiger partial charge is 0.493 e. The fourth-order valence-electron chi connectivity index (χ4n) is 3.07. The minimum absolute atomic E-state index is 0.0619. The fraction of sp³-hybridized carbons (Fsp3) is 0.526. The zero-order valence-electron chi connectivity index (χ0n) is 15.0. The molecular formula is C19H24N2O5. The van der Waals surface area contributed by atoms with Crippen LogP contribution in [0.25, 0.3) is 0 Å². The van der Waals surface area contributed by atoms with E-state index in [0.29, 0.717) is 43.5 Å². The highest BCUT2D eigenvalue weighted by molar-refractivity contribution is 5.99. The Bertz CT molecular complexity index is 699. The third-order valence-electron chi connectivity index (χ3n) is 4.88. The molecule has 1 aromatic carbocycles. The van der Waals surface area contributed by atoms with Crippen molar-refractivity contribution in [2.75, 3.05) is 33.4 Å². The number of rotatable bonds is 5. The lowest BCUT2D eigenvalue weighted by molar-refractivity contribution is -0.120. The highest BCUT2D eigenvalue weighted by Crippen LogP contribution is 2.28. The van der Waals surface area contributed by atoms with E-state index in [1.54, 1.807) is 17.0 Å². The Morgan fingerprint density at radius 2 is 1.96 bits per heavy atom. The van der Waals surface area contributed by atoms with E-state index < -0.39 is 5.97 Å². The number of ether oxygens (including phenoxy) is 2. The van der Waals surface area contributed by atoms with Gasteiger partial charge < -0.3 is 19.7 Å². The van der Waals surface area contributed by atoms with Crippen LogP contribution in [0.1, 0.15) is 46.4 Å². The minimum Gasteiger partial charge on any atom is -0.493 e. The average Bonchev–Trinajstić information content (AvgIpc) is 2.83. The second kappa shape index (κ2) is 8.21. The van der Waals surface area contributed by atoms with Crippen molar-refractivity contribution >= 4 is 17.8 Å². The molecule has 2 amide bonds. The maximum atomic E-state index is 12.9. The number of amides is 2. The second-order valence-electron chi connectivity index (χ2n) is 6.74. The molecule has 1 aromatic rings. The van der Waals surface area contributed by atoms with Crippen LogP contribution in [0.5, 0.6) is 5.75 Å². The first-order valence-corrected chi connectivity index (χ1v) is 8.99. The van der Waals surface area contributed by atoms with Crippen LogP contribution in [0.15, 0.2) is 18.2 Å². The number of carbonyl (C=O) groups is 3. The van der Waals surface area contributed by atoms with Crippen molar-refractivity contribution in [2.45, 2.75) is 25.7 Å². The third kappa shape index (κ3) is 4.33. The number of nitrogens with one attached hydrogen (secondary N) is 1. The van der Waals surface area contributed by atoms with Gasteiger partial charge in [-0.3, -0.25) is 9.59 Å². The number of carbonyl (C=O) groups excluding carboxylic acids is 3. The van der Waals surface area contributed by atoms with E-state index in [1.165, 1.54) is 19.6 Å². The Morgan fingerprint density at radius 3 is 2.65 bits per heavy atom. The normalized spacial score (nSPS) is 17.7. The van der Waals surface area contributed by atoms with Crippen LogP contribution in [-0.4, -0.2) is 56.0 Å².